The summed E-state index contributed by atoms with van der Waals surface area (Å²) in [7, 11) is 0. The van der Waals surface area contributed by atoms with Gasteiger partial charge in [0.05, 0.1) is 95.7 Å². The quantitative estimate of drug-likeness (QED) is 0.0211. The Morgan fingerprint density at radius 1 is 0.844 bits per heavy atom. The van der Waals surface area contributed by atoms with Crippen molar-refractivity contribution in [1.82, 2.24) is 41.6 Å². The molecule has 1 aromatic heterocycles. The lowest BCUT2D eigenvalue weighted by Gasteiger charge is -2.49. The van der Waals surface area contributed by atoms with Crippen LogP contribution in [0, 0.1) is 0 Å². The molecular formula is C52H67N8O16S-. The molecule has 77 heavy (non-hydrogen) atoms. The highest BCUT2D eigenvalue weighted by molar-refractivity contribution is 8.00. The van der Waals surface area contributed by atoms with Gasteiger partial charge in [-0.15, -0.1) is 5.10 Å². The molecule has 3 saturated heterocycles. The highest BCUT2D eigenvalue weighted by Crippen LogP contribution is 2.35. The maximum absolute atomic E-state index is 12.9. The molecule has 5 amide bonds. The molecule has 418 valence electrons. The van der Waals surface area contributed by atoms with Crippen molar-refractivity contribution < 1.29 is 78.3 Å². The largest absolute Gasteiger partial charge is 0.544 e. The standard InChI is InChI=1S/C52H68N8O16S/c61-29-45(67)56-47-40(63)26-52(50(69)70,76-49(47)48(68)41(64)27-54-44(66)25-32-5-9-34(10-6-32)35-13-15-37(62)16-14-35)75-30-33-7-11-36(12-8-33)38-28-60(59-58-38)18-20-73-22-24-74-23-21-72-19-17-53-43(65)4-2-1-3-42-46-39(31-77-42)55-51(71)57-46/h5-16,28,39-42,46-49,61-64,68H,1-4,17-27,29-31H2,(H,53,65)(H,54,66)(H,56,67)(H,69,70)(H2,55,57,71)/p-1/t39-,40+,41-,42-,46-,47-,48-,49-,52-/m1/s1. The number of aliphatic carboxylic acids is 1. The lowest BCUT2D eigenvalue weighted by molar-refractivity contribution is -0.383. The Morgan fingerprint density at radius 3 is 2.21 bits per heavy atom. The molecule has 9 atom stereocenters. The van der Waals surface area contributed by atoms with Crippen molar-refractivity contribution in [3.8, 4) is 28.1 Å². The summed E-state index contributed by atoms with van der Waals surface area (Å²) in [6, 6.07) is 19.1. The van der Waals surface area contributed by atoms with Crippen molar-refractivity contribution in [2.75, 3.05) is 65.1 Å². The second kappa shape index (κ2) is 28.9. The van der Waals surface area contributed by atoms with Crippen LogP contribution in [0.2, 0.25) is 0 Å². The fraction of sp³-hybridized carbons (Fsp3) is 0.519. The van der Waals surface area contributed by atoms with Gasteiger partial charge in [0.25, 0.3) is 0 Å². The SMILES string of the molecule is O=C(CCCC[C@H]1SC[C@H]2NC(=O)N[C@H]21)NCCOCCOCCOCCn1cc(-c2ccc(CO[C@]3(C(=O)[O-])C[C@H](O)[C@@H](NC(=O)CO)[C@H]([C@H](O)[C@H](O)CNC(=O)Cc4ccc(-c5ccc(O)cc5)cc4)O3)cc2)nn1. The number of unbranched alkanes of at least 4 members (excludes halogenated alkanes) is 1. The number of aromatic hydroxyl groups is 1. The third-order valence-electron chi connectivity index (χ3n) is 13.2. The number of thioether (sulfide) groups is 1. The molecule has 25 heteroatoms. The molecule has 4 aromatic rings. The van der Waals surface area contributed by atoms with Crippen LogP contribution in [0.4, 0.5) is 4.79 Å². The van der Waals surface area contributed by atoms with Gasteiger partial charge in [-0.2, -0.15) is 11.8 Å². The van der Waals surface area contributed by atoms with Gasteiger partial charge in [-0.1, -0.05) is 72.3 Å². The molecule has 0 spiro atoms. The fourth-order valence-corrected chi connectivity index (χ4v) is 10.6. The van der Waals surface area contributed by atoms with Gasteiger partial charge in [0.1, 0.15) is 36.2 Å². The van der Waals surface area contributed by atoms with E-state index in [1.807, 2.05) is 11.8 Å². The molecular weight excluding hydrogens is 1020 g/mol. The predicted octanol–water partition coefficient (Wildman–Crippen LogP) is -1.12. The van der Waals surface area contributed by atoms with Crippen LogP contribution in [-0.4, -0.2) is 189 Å². The van der Waals surface area contributed by atoms with E-state index in [0.717, 1.165) is 36.1 Å². The Kier molecular flexibility index (Phi) is 21.9. The predicted molar refractivity (Wildman–Crippen MR) is 274 cm³/mol. The normalized spacial score (nSPS) is 22.6. The summed E-state index contributed by atoms with van der Waals surface area (Å²) in [5, 5.41) is 87.6. The summed E-state index contributed by atoms with van der Waals surface area (Å²) in [5.41, 5.74) is 4.02. The molecule has 0 saturated carbocycles. The summed E-state index contributed by atoms with van der Waals surface area (Å²) in [5.74, 6) is -5.07. The van der Waals surface area contributed by atoms with E-state index in [9.17, 15) is 54.6 Å². The first-order valence-corrected chi connectivity index (χ1v) is 26.6. The Bertz CT molecular complexity index is 2540. The lowest BCUT2D eigenvalue weighted by atomic mass is 9.88. The number of aliphatic hydroxyl groups is 4. The number of hydrogen-bond donors (Lipinski definition) is 10. The number of rotatable bonds is 31. The number of amides is 5. The number of urea groups is 1. The Morgan fingerprint density at radius 2 is 1.51 bits per heavy atom. The van der Waals surface area contributed by atoms with Crippen LogP contribution in [0.15, 0.2) is 79.0 Å². The average molecular weight is 1090 g/mol. The number of aliphatic hydroxyl groups excluding tert-OH is 4. The van der Waals surface area contributed by atoms with E-state index in [-0.39, 0.29) is 36.2 Å². The number of aromatic nitrogens is 3. The Hall–Kier alpha value is -6.26. The van der Waals surface area contributed by atoms with Crippen LogP contribution in [0.25, 0.3) is 22.4 Å². The number of carboxylic acid groups (broad SMARTS) is 1. The molecule has 3 aliphatic heterocycles. The molecule has 0 radical (unpaired) electrons. The molecule has 3 aromatic carbocycles. The number of carbonyl (C=O) groups excluding carboxylic acids is 5. The Balaban J connectivity index is 0.778. The summed E-state index contributed by atoms with van der Waals surface area (Å²) in [6.07, 6.45) is -3.44. The van der Waals surface area contributed by atoms with Crippen LogP contribution >= 0.6 is 11.8 Å². The van der Waals surface area contributed by atoms with Crippen LogP contribution in [-0.2, 0) is 62.4 Å². The number of nitrogens with one attached hydrogen (secondary N) is 5. The number of phenols is 1. The van der Waals surface area contributed by atoms with E-state index in [0.29, 0.717) is 86.8 Å². The summed E-state index contributed by atoms with van der Waals surface area (Å²) < 4.78 is 30.0. The Labute approximate surface area is 448 Å². The van der Waals surface area contributed by atoms with Crippen LogP contribution in [0.5, 0.6) is 5.75 Å². The van der Waals surface area contributed by atoms with E-state index in [2.05, 4.69) is 36.9 Å². The second-order valence-corrected chi connectivity index (χ2v) is 20.1. The van der Waals surface area contributed by atoms with Gasteiger partial charge < -0.3 is 85.7 Å². The highest BCUT2D eigenvalue weighted by Gasteiger charge is 2.53. The van der Waals surface area contributed by atoms with E-state index in [1.54, 1.807) is 83.7 Å². The zero-order valence-electron chi connectivity index (χ0n) is 42.3. The third kappa shape index (κ3) is 17.1. The van der Waals surface area contributed by atoms with E-state index < -0.39 is 80.2 Å². The minimum atomic E-state index is -2.69. The van der Waals surface area contributed by atoms with Crippen molar-refractivity contribution in [2.45, 2.75) is 105 Å². The first-order chi connectivity index (χ1) is 37.2. The molecule has 3 fully saturated rings. The van der Waals surface area contributed by atoms with E-state index in [4.69, 9.17) is 23.7 Å². The summed E-state index contributed by atoms with van der Waals surface area (Å²) in [4.78, 5) is 61.6. The number of ether oxygens (including phenoxy) is 5. The monoisotopic (exact) mass is 1090 g/mol. The van der Waals surface area contributed by atoms with Crippen molar-refractivity contribution in [1.29, 1.82) is 0 Å². The maximum Gasteiger partial charge on any atom is 0.315 e. The molecule has 0 bridgehead atoms. The van der Waals surface area contributed by atoms with Crippen molar-refractivity contribution in [3.05, 3.63) is 90.1 Å². The zero-order chi connectivity index (χ0) is 54.7. The number of carboxylic acids is 1. The lowest BCUT2D eigenvalue weighted by Crippen LogP contribution is -2.70. The molecule has 0 unspecified atom stereocenters. The molecule has 3 aliphatic rings. The average Bonchev–Trinajstić information content (AvgIpc) is 4.17. The first-order valence-electron chi connectivity index (χ1n) is 25.5. The van der Waals surface area contributed by atoms with Gasteiger partial charge in [-0.25, -0.2) is 9.48 Å². The molecule has 24 nitrogen and oxygen atoms in total. The topological polar surface area (TPSA) is 347 Å². The minimum Gasteiger partial charge on any atom is -0.544 e. The number of hydrogen-bond acceptors (Lipinski definition) is 19. The number of nitrogens with zero attached hydrogens (tertiary/aromatic N) is 3. The number of benzene rings is 3. The molecule has 4 heterocycles. The van der Waals surface area contributed by atoms with Gasteiger partial charge >= 0.3 is 6.03 Å². The van der Waals surface area contributed by atoms with Gasteiger partial charge in [0.15, 0.2) is 0 Å². The summed E-state index contributed by atoms with van der Waals surface area (Å²) in [6.45, 7) is 1.05. The summed E-state index contributed by atoms with van der Waals surface area (Å²) >= 11 is 1.87. The van der Waals surface area contributed by atoms with Gasteiger partial charge in [0, 0.05) is 42.5 Å². The van der Waals surface area contributed by atoms with Gasteiger partial charge in [0.2, 0.25) is 23.5 Å². The second-order valence-electron chi connectivity index (χ2n) is 18.8. The third-order valence-corrected chi connectivity index (χ3v) is 14.7. The molecule has 10 N–H and O–H groups in total. The van der Waals surface area contributed by atoms with Gasteiger partial charge in [-0.05, 0) is 47.2 Å². The van der Waals surface area contributed by atoms with Crippen LogP contribution in [0.3, 0.4) is 0 Å². The first kappa shape index (κ1) is 58.4. The maximum atomic E-state index is 12.9. The van der Waals surface area contributed by atoms with Crippen molar-refractivity contribution in [3.63, 3.8) is 0 Å². The highest BCUT2D eigenvalue weighted by atomic mass is 32.2. The molecule has 0 aliphatic carbocycles. The zero-order valence-corrected chi connectivity index (χ0v) is 43.1. The number of fused-ring (bicyclic) bond motifs is 1. The number of phenolic OH excluding ortho intramolecular Hbond substituents is 1. The minimum absolute atomic E-state index is 0.00747. The van der Waals surface area contributed by atoms with Crippen molar-refractivity contribution >= 4 is 41.5 Å². The molecule has 7 rings (SSSR count). The fourth-order valence-electron chi connectivity index (χ4n) is 9.05. The van der Waals surface area contributed by atoms with Crippen molar-refractivity contribution in [2.24, 2.45) is 0 Å². The number of carbonyl (C=O) groups is 5. The van der Waals surface area contributed by atoms with Crippen LogP contribution < -0.4 is 31.7 Å². The van der Waals surface area contributed by atoms with Crippen LogP contribution in [0.1, 0.15) is 43.2 Å². The smallest absolute Gasteiger partial charge is 0.315 e. The van der Waals surface area contributed by atoms with Gasteiger partial charge in [-0.3, -0.25) is 14.4 Å². The van der Waals surface area contributed by atoms with E-state index in [1.165, 1.54) is 0 Å². The van der Waals surface area contributed by atoms with E-state index >= 15 is 0 Å².